The number of halogens is 1. The largest absolute Gasteiger partial charge is 0.391 e. The van der Waals surface area contributed by atoms with Crippen molar-refractivity contribution in [3.63, 3.8) is 0 Å². The lowest BCUT2D eigenvalue weighted by Gasteiger charge is -2.13. The number of aliphatic hydroxyl groups is 1. The van der Waals surface area contributed by atoms with Crippen LogP contribution in [0.15, 0.2) is 24.3 Å². The number of hydrogen-bond donors (Lipinski definition) is 1. The fourth-order valence-electron chi connectivity index (χ4n) is 2.06. The maximum atomic E-state index is 12.1. The van der Waals surface area contributed by atoms with Gasteiger partial charge in [-0.25, -0.2) is 16.8 Å². The molecule has 0 amide bonds. The monoisotopic (exact) mass is 324 g/mol. The molecule has 1 aliphatic heterocycles. The lowest BCUT2D eigenvalue weighted by Crippen LogP contribution is -2.33. The molecule has 1 heterocycles. The molecule has 19 heavy (non-hydrogen) atoms. The molecule has 2 unspecified atom stereocenters. The van der Waals surface area contributed by atoms with Gasteiger partial charge in [0, 0.05) is 5.02 Å². The lowest BCUT2D eigenvalue weighted by molar-refractivity contribution is 0.204. The Morgan fingerprint density at radius 3 is 2.26 bits per heavy atom. The van der Waals surface area contributed by atoms with E-state index in [4.69, 9.17) is 11.6 Å². The van der Waals surface area contributed by atoms with Crippen molar-refractivity contribution in [3.05, 3.63) is 34.9 Å². The summed E-state index contributed by atoms with van der Waals surface area (Å²) in [6.45, 7) is 0. The maximum absolute atomic E-state index is 12.1. The molecule has 0 aliphatic carbocycles. The number of rotatable bonds is 3. The summed E-state index contributed by atoms with van der Waals surface area (Å²) in [4.78, 5) is 0. The summed E-state index contributed by atoms with van der Waals surface area (Å²) in [6.07, 6.45) is -1.35. The molecule has 106 valence electrons. The van der Waals surface area contributed by atoms with Gasteiger partial charge in [-0.05, 0) is 17.7 Å². The van der Waals surface area contributed by atoms with Crippen LogP contribution in [0.2, 0.25) is 5.02 Å². The maximum Gasteiger partial charge on any atom is 0.160 e. The summed E-state index contributed by atoms with van der Waals surface area (Å²) >= 11 is 5.70. The first kappa shape index (κ1) is 14.8. The van der Waals surface area contributed by atoms with Gasteiger partial charge in [0.15, 0.2) is 19.7 Å². The van der Waals surface area contributed by atoms with Crippen LogP contribution in [-0.4, -0.2) is 44.8 Å². The summed E-state index contributed by atoms with van der Waals surface area (Å²) < 4.78 is 47.0. The second kappa shape index (κ2) is 5.05. The quantitative estimate of drug-likeness (QED) is 0.870. The van der Waals surface area contributed by atoms with Crippen molar-refractivity contribution in [2.75, 3.05) is 11.5 Å². The van der Waals surface area contributed by atoms with Crippen molar-refractivity contribution in [2.24, 2.45) is 0 Å². The number of benzene rings is 1. The smallest absolute Gasteiger partial charge is 0.160 e. The zero-order chi connectivity index (χ0) is 14.3. The fraction of sp³-hybridized carbons (Fsp3) is 0.455. The van der Waals surface area contributed by atoms with Crippen LogP contribution in [0, 0.1) is 0 Å². The lowest BCUT2D eigenvalue weighted by atomic mass is 10.2. The average Bonchev–Trinajstić information content (AvgIpc) is 2.56. The highest BCUT2D eigenvalue weighted by Gasteiger charge is 2.44. The van der Waals surface area contributed by atoms with E-state index in [0.29, 0.717) is 10.6 Å². The highest BCUT2D eigenvalue weighted by molar-refractivity contribution is 7.96. The van der Waals surface area contributed by atoms with Crippen LogP contribution in [0.1, 0.15) is 5.56 Å². The van der Waals surface area contributed by atoms with Gasteiger partial charge in [0.25, 0.3) is 0 Å². The van der Waals surface area contributed by atoms with Crippen LogP contribution < -0.4 is 0 Å². The van der Waals surface area contributed by atoms with Gasteiger partial charge in [-0.3, -0.25) is 0 Å². The van der Waals surface area contributed by atoms with Crippen LogP contribution in [-0.2, 0) is 25.4 Å². The number of aliphatic hydroxyl groups excluding tert-OH is 1. The molecular weight excluding hydrogens is 312 g/mol. The van der Waals surface area contributed by atoms with E-state index in [1.54, 1.807) is 24.3 Å². The Kier molecular flexibility index (Phi) is 3.92. The van der Waals surface area contributed by atoms with E-state index in [0.717, 1.165) is 0 Å². The van der Waals surface area contributed by atoms with Gasteiger partial charge in [0.2, 0.25) is 0 Å². The van der Waals surface area contributed by atoms with Crippen molar-refractivity contribution in [2.45, 2.75) is 17.1 Å². The SMILES string of the molecule is O=S1(=O)CC(O)C(S(=O)(=O)Cc2ccc(Cl)cc2)C1. The summed E-state index contributed by atoms with van der Waals surface area (Å²) in [7, 11) is -7.20. The Bertz CT molecular complexity index is 664. The second-order valence-electron chi connectivity index (χ2n) is 4.62. The molecule has 0 spiro atoms. The van der Waals surface area contributed by atoms with E-state index in [9.17, 15) is 21.9 Å². The molecule has 1 N–H and O–H groups in total. The minimum absolute atomic E-state index is 0.304. The van der Waals surface area contributed by atoms with E-state index < -0.39 is 42.5 Å². The van der Waals surface area contributed by atoms with Crippen LogP contribution in [0.3, 0.4) is 0 Å². The topological polar surface area (TPSA) is 88.5 Å². The molecule has 1 aromatic carbocycles. The molecule has 0 radical (unpaired) electrons. The summed E-state index contributed by atoms with van der Waals surface area (Å²) in [5.74, 6) is -1.30. The predicted octanol–water partition coefficient (Wildman–Crippen LogP) is 0.413. The number of hydrogen-bond acceptors (Lipinski definition) is 5. The molecule has 1 saturated heterocycles. The molecule has 5 nitrogen and oxygen atoms in total. The Morgan fingerprint density at radius 2 is 1.79 bits per heavy atom. The van der Waals surface area contributed by atoms with Crippen LogP contribution in [0.25, 0.3) is 0 Å². The van der Waals surface area contributed by atoms with Crippen molar-refractivity contribution < 1.29 is 21.9 Å². The van der Waals surface area contributed by atoms with Gasteiger partial charge >= 0.3 is 0 Å². The molecule has 0 aromatic heterocycles. The molecule has 1 aliphatic rings. The van der Waals surface area contributed by atoms with E-state index in [1.807, 2.05) is 0 Å². The average molecular weight is 325 g/mol. The molecule has 0 saturated carbocycles. The third-order valence-electron chi connectivity index (χ3n) is 3.01. The summed E-state index contributed by atoms with van der Waals surface area (Å²) in [5, 5.41) is 8.85. The highest BCUT2D eigenvalue weighted by atomic mass is 35.5. The Balaban J connectivity index is 2.22. The first-order valence-corrected chi connectivity index (χ1v) is 9.46. The minimum Gasteiger partial charge on any atom is -0.391 e. The van der Waals surface area contributed by atoms with E-state index >= 15 is 0 Å². The zero-order valence-corrected chi connectivity index (χ0v) is 12.2. The molecule has 2 atom stereocenters. The van der Waals surface area contributed by atoms with Gasteiger partial charge in [0.1, 0.15) is 5.25 Å². The standard InChI is InChI=1S/C11H13ClO5S2/c12-9-3-1-8(2-4-9)5-19(16,17)11-7-18(14,15)6-10(11)13/h1-4,10-11,13H,5-7H2. The molecule has 1 fully saturated rings. The summed E-state index contributed by atoms with van der Waals surface area (Å²) in [5.41, 5.74) is 0.515. The Hall–Kier alpha value is -0.630. The van der Waals surface area contributed by atoms with Gasteiger partial charge in [0.05, 0.1) is 23.4 Å². The van der Waals surface area contributed by atoms with Crippen LogP contribution in [0.5, 0.6) is 0 Å². The Morgan fingerprint density at radius 1 is 1.21 bits per heavy atom. The van der Waals surface area contributed by atoms with E-state index in [2.05, 4.69) is 0 Å². The molecular formula is C11H13ClO5S2. The Labute approximate surface area is 117 Å². The molecule has 0 bridgehead atoms. The molecule has 8 heteroatoms. The highest BCUT2D eigenvalue weighted by Crippen LogP contribution is 2.23. The molecule has 2 rings (SSSR count). The second-order valence-corrected chi connectivity index (χ2v) is 9.43. The third-order valence-corrected chi connectivity index (χ3v) is 7.33. The van der Waals surface area contributed by atoms with Gasteiger partial charge in [-0.15, -0.1) is 0 Å². The van der Waals surface area contributed by atoms with Crippen molar-refractivity contribution in [1.82, 2.24) is 0 Å². The minimum atomic E-state index is -3.72. The third kappa shape index (κ3) is 3.47. The van der Waals surface area contributed by atoms with Crippen LogP contribution >= 0.6 is 11.6 Å². The van der Waals surface area contributed by atoms with Crippen molar-refractivity contribution in [3.8, 4) is 0 Å². The zero-order valence-electron chi connectivity index (χ0n) is 9.86. The van der Waals surface area contributed by atoms with E-state index in [-0.39, 0.29) is 5.75 Å². The van der Waals surface area contributed by atoms with Crippen molar-refractivity contribution in [1.29, 1.82) is 0 Å². The normalized spacial score (nSPS) is 26.4. The first-order chi connectivity index (χ1) is 8.70. The van der Waals surface area contributed by atoms with Crippen LogP contribution in [0.4, 0.5) is 0 Å². The first-order valence-electron chi connectivity index (χ1n) is 5.54. The van der Waals surface area contributed by atoms with Gasteiger partial charge < -0.3 is 5.11 Å². The molecule has 1 aromatic rings. The van der Waals surface area contributed by atoms with Gasteiger partial charge in [-0.2, -0.15) is 0 Å². The van der Waals surface area contributed by atoms with E-state index in [1.165, 1.54) is 0 Å². The van der Waals surface area contributed by atoms with Crippen molar-refractivity contribution >= 4 is 31.3 Å². The fourth-order valence-corrected chi connectivity index (χ4v) is 6.82. The van der Waals surface area contributed by atoms with Gasteiger partial charge in [-0.1, -0.05) is 23.7 Å². The summed E-state index contributed by atoms with van der Waals surface area (Å²) in [6, 6.07) is 6.26. The number of sulfone groups is 2. The predicted molar refractivity (Wildman–Crippen MR) is 72.5 cm³/mol.